The SMILES string of the molecule is O=C(Nc1nc(CC(=O)N2CC[C@@H]3CCCC[C@@H]3C2)cs1)C1CC1. The molecular formula is C18H25N3O2S. The number of nitrogens with one attached hydrogen (secondary N) is 1. The number of rotatable bonds is 4. The van der Waals surface area contributed by atoms with Crippen molar-refractivity contribution in [2.24, 2.45) is 17.8 Å². The minimum absolute atomic E-state index is 0.0709. The summed E-state index contributed by atoms with van der Waals surface area (Å²) in [6.45, 7) is 1.83. The van der Waals surface area contributed by atoms with E-state index in [2.05, 4.69) is 10.3 Å². The summed E-state index contributed by atoms with van der Waals surface area (Å²) >= 11 is 1.42. The van der Waals surface area contributed by atoms with E-state index in [0.29, 0.717) is 17.5 Å². The number of nitrogens with zero attached hydrogens (tertiary/aromatic N) is 2. The third-order valence-electron chi connectivity index (χ3n) is 5.71. The lowest BCUT2D eigenvalue weighted by Crippen LogP contribution is -2.45. The second-order valence-electron chi connectivity index (χ2n) is 7.52. The molecule has 2 heterocycles. The Bertz CT molecular complexity index is 626. The Hall–Kier alpha value is -1.43. The van der Waals surface area contributed by atoms with E-state index in [-0.39, 0.29) is 17.7 Å². The van der Waals surface area contributed by atoms with Crippen molar-refractivity contribution < 1.29 is 9.59 Å². The number of carbonyl (C=O) groups is 2. The molecule has 2 atom stereocenters. The molecule has 3 aliphatic rings. The maximum atomic E-state index is 12.6. The molecule has 5 nitrogen and oxygen atoms in total. The molecule has 0 bridgehead atoms. The second kappa shape index (κ2) is 6.82. The van der Waals surface area contributed by atoms with Gasteiger partial charge in [-0.05, 0) is 37.5 Å². The quantitative estimate of drug-likeness (QED) is 0.910. The van der Waals surface area contributed by atoms with E-state index < -0.39 is 0 Å². The third kappa shape index (κ3) is 3.63. The van der Waals surface area contributed by atoms with Crippen LogP contribution in [-0.4, -0.2) is 34.8 Å². The van der Waals surface area contributed by atoms with Gasteiger partial charge in [-0.1, -0.05) is 19.3 Å². The van der Waals surface area contributed by atoms with Crippen LogP contribution in [0.15, 0.2) is 5.38 Å². The zero-order valence-electron chi connectivity index (χ0n) is 14.0. The summed E-state index contributed by atoms with van der Waals surface area (Å²) in [6, 6.07) is 0. The lowest BCUT2D eigenvalue weighted by atomic mass is 9.75. The van der Waals surface area contributed by atoms with Gasteiger partial charge < -0.3 is 10.2 Å². The minimum atomic E-state index is 0.0709. The Morgan fingerprint density at radius 2 is 1.96 bits per heavy atom. The maximum Gasteiger partial charge on any atom is 0.229 e. The smallest absolute Gasteiger partial charge is 0.229 e. The highest BCUT2D eigenvalue weighted by Crippen LogP contribution is 2.36. The van der Waals surface area contributed by atoms with Gasteiger partial charge in [0, 0.05) is 24.4 Å². The molecule has 6 heteroatoms. The van der Waals surface area contributed by atoms with Gasteiger partial charge in [0.05, 0.1) is 12.1 Å². The van der Waals surface area contributed by atoms with Gasteiger partial charge in [0.15, 0.2) is 5.13 Å². The summed E-state index contributed by atoms with van der Waals surface area (Å²) in [4.78, 5) is 30.8. The number of hydrogen-bond donors (Lipinski definition) is 1. The van der Waals surface area contributed by atoms with Crippen LogP contribution in [0.25, 0.3) is 0 Å². The van der Waals surface area contributed by atoms with Gasteiger partial charge in [0.2, 0.25) is 11.8 Å². The van der Waals surface area contributed by atoms with E-state index in [1.807, 2.05) is 10.3 Å². The van der Waals surface area contributed by atoms with E-state index in [4.69, 9.17) is 0 Å². The number of carbonyl (C=O) groups excluding carboxylic acids is 2. The Balaban J connectivity index is 1.31. The van der Waals surface area contributed by atoms with Crippen molar-refractivity contribution in [1.82, 2.24) is 9.88 Å². The van der Waals surface area contributed by atoms with Crippen molar-refractivity contribution >= 4 is 28.3 Å². The molecule has 1 saturated heterocycles. The first kappa shape index (κ1) is 16.1. The van der Waals surface area contributed by atoms with E-state index >= 15 is 0 Å². The number of thiazole rings is 1. The molecule has 0 spiro atoms. The van der Waals surface area contributed by atoms with Crippen LogP contribution in [0, 0.1) is 17.8 Å². The van der Waals surface area contributed by atoms with E-state index in [1.165, 1.54) is 37.0 Å². The highest BCUT2D eigenvalue weighted by molar-refractivity contribution is 7.13. The van der Waals surface area contributed by atoms with Gasteiger partial charge in [-0.25, -0.2) is 4.98 Å². The molecule has 1 N–H and O–H groups in total. The number of amides is 2. The fourth-order valence-electron chi connectivity index (χ4n) is 4.09. The molecule has 1 aromatic heterocycles. The summed E-state index contributed by atoms with van der Waals surface area (Å²) in [6.07, 6.45) is 8.80. The van der Waals surface area contributed by atoms with Gasteiger partial charge >= 0.3 is 0 Å². The van der Waals surface area contributed by atoms with Crippen LogP contribution in [0.2, 0.25) is 0 Å². The predicted molar refractivity (Wildman–Crippen MR) is 93.8 cm³/mol. The monoisotopic (exact) mass is 347 g/mol. The molecule has 130 valence electrons. The molecule has 0 radical (unpaired) electrons. The van der Waals surface area contributed by atoms with Crippen molar-refractivity contribution in [3.8, 4) is 0 Å². The number of hydrogen-bond acceptors (Lipinski definition) is 4. The highest BCUT2D eigenvalue weighted by Gasteiger charge is 2.33. The van der Waals surface area contributed by atoms with Gasteiger partial charge in [0.1, 0.15) is 0 Å². The summed E-state index contributed by atoms with van der Waals surface area (Å²) in [5, 5.41) is 5.38. The Labute approximate surface area is 146 Å². The average Bonchev–Trinajstić information content (AvgIpc) is 3.37. The molecule has 0 unspecified atom stereocenters. The van der Waals surface area contributed by atoms with Gasteiger partial charge in [-0.15, -0.1) is 11.3 Å². The molecule has 3 fully saturated rings. The first-order chi connectivity index (χ1) is 11.7. The van der Waals surface area contributed by atoms with E-state index in [9.17, 15) is 9.59 Å². The minimum Gasteiger partial charge on any atom is -0.342 e. The lowest BCUT2D eigenvalue weighted by Gasteiger charge is -2.41. The van der Waals surface area contributed by atoms with Crippen molar-refractivity contribution in [3.05, 3.63) is 11.1 Å². The summed E-state index contributed by atoms with van der Waals surface area (Å²) in [7, 11) is 0. The Morgan fingerprint density at radius 3 is 2.75 bits per heavy atom. The molecule has 0 aromatic carbocycles. The molecule has 2 amide bonds. The van der Waals surface area contributed by atoms with Crippen molar-refractivity contribution in [3.63, 3.8) is 0 Å². The third-order valence-corrected chi connectivity index (χ3v) is 6.51. The number of anilines is 1. The fraction of sp³-hybridized carbons (Fsp3) is 0.722. The zero-order chi connectivity index (χ0) is 16.5. The van der Waals surface area contributed by atoms with Crippen LogP contribution >= 0.6 is 11.3 Å². The summed E-state index contributed by atoms with van der Waals surface area (Å²) in [5.74, 6) is 1.98. The van der Waals surface area contributed by atoms with Crippen LogP contribution in [0.1, 0.15) is 50.6 Å². The number of fused-ring (bicyclic) bond motifs is 1. The molecular weight excluding hydrogens is 322 g/mol. The van der Waals surface area contributed by atoms with Gasteiger partial charge in [-0.2, -0.15) is 0 Å². The van der Waals surface area contributed by atoms with Crippen LogP contribution in [-0.2, 0) is 16.0 Å². The zero-order valence-corrected chi connectivity index (χ0v) is 14.8. The van der Waals surface area contributed by atoms with Gasteiger partial charge in [0.25, 0.3) is 0 Å². The van der Waals surface area contributed by atoms with Crippen molar-refractivity contribution in [2.75, 3.05) is 18.4 Å². The summed E-state index contributed by atoms with van der Waals surface area (Å²) < 4.78 is 0. The molecule has 2 saturated carbocycles. The topological polar surface area (TPSA) is 62.3 Å². The molecule has 4 rings (SSSR count). The number of aromatic nitrogens is 1. The second-order valence-corrected chi connectivity index (χ2v) is 8.38. The van der Waals surface area contributed by atoms with Crippen LogP contribution in [0.3, 0.4) is 0 Å². The number of piperidine rings is 1. The lowest BCUT2D eigenvalue weighted by molar-refractivity contribution is -0.133. The Morgan fingerprint density at radius 1 is 1.17 bits per heavy atom. The first-order valence-electron chi connectivity index (χ1n) is 9.22. The molecule has 24 heavy (non-hydrogen) atoms. The molecule has 1 aliphatic heterocycles. The van der Waals surface area contributed by atoms with E-state index in [0.717, 1.165) is 44.0 Å². The van der Waals surface area contributed by atoms with E-state index in [1.54, 1.807) is 0 Å². The maximum absolute atomic E-state index is 12.6. The molecule has 1 aromatic rings. The number of likely N-dealkylation sites (tertiary alicyclic amines) is 1. The average molecular weight is 347 g/mol. The molecule has 2 aliphatic carbocycles. The largest absolute Gasteiger partial charge is 0.342 e. The fourth-order valence-corrected chi connectivity index (χ4v) is 4.81. The van der Waals surface area contributed by atoms with Crippen LogP contribution in [0.4, 0.5) is 5.13 Å². The Kier molecular flexibility index (Phi) is 4.57. The predicted octanol–water partition coefficient (Wildman–Crippen LogP) is 3.07. The standard InChI is InChI=1S/C18H25N3O2S/c22-16(21-8-7-12-3-1-2-4-14(12)10-21)9-15-11-24-18(19-15)20-17(23)13-5-6-13/h11-14H,1-10H2,(H,19,20,23)/t12-,14+/m0/s1. The van der Waals surface area contributed by atoms with Crippen molar-refractivity contribution in [2.45, 2.75) is 51.4 Å². The highest BCUT2D eigenvalue weighted by atomic mass is 32.1. The first-order valence-corrected chi connectivity index (χ1v) is 10.1. The normalized spacial score (nSPS) is 26.8. The van der Waals surface area contributed by atoms with Crippen LogP contribution < -0.4 is 5.32 Å². The van der Waals surface area contributed by atoms with Crippen molar-refractivity contribution in [1.29, 1.82) is 0 Å². The summed E-state index contributed by atoms with van der Waals surface area (Å²) in [5.41, 5.74) is 0.780. The van der Waals surface area contributed by atoms with Crippen LogP contribution in [0.5, 0.6) is 0 Å². The van der Waals surface area contributed by atoms with Gasteiger partial charge in [-0.3, -0.25) is 9.59 Å².